The predicted octanol–water partition coefficient (Wildman–Crippen LogP) is 1.75. The van der Waals surface area contributed by atoms with Crippen LogP contribution in [-0.2, 0) is 14.8 Å². The Bertz CT molecular complexity index is 544. The molecule has 0 bridgehead atoms. The molecule has 7 heteroatoms. The van der Waals surface area contributed by atoms with Crippen LogP contribution in [0.15, 0.2) is 29.2 Å². The van der Waals surface area contributed by atoms with Crippen LogP contribution in [0.1, 0.15) is 26.2 Å². The summed E-state index contributed by atoms with van der Waals surface area (Å²) in [4.78, 5) is 10.5. The van der Waals surface area contributed by atoms with Gasteiger partial charge in [0.25, 0.3) is 0 Å². The molecule has 0 aliphatic carbocycles. The molecule has 1 atom stereocenters. The Kier molecular flexibility index (Phi) is 5.44. The van der Waals surface area contributed by atoms with Crippen molar-refractivity contribution in [1.29, 1.82) is 0 Å². The molecule has 0 saturated carbocycles. The number of carboxylic acid groups (broad SMARTS) is 1. The lowest BCUT2D eigenvalue weighted by molar-refractivity contribution is -0.137. The maximum atomic E-state index is 13.0. The zero-order valence-corrected chi connectivity index (χ0v) is 11.3. The van der Waals surface area contributed by atoms with Crippen LogP contribution in [0, 0.1) is 5.82 Å². The summed E-state index contributed by atoms with van der Waals surface area (Å²) in [6.45, 7) is 1.82. The maximum absolute atomic E-state index is 13.0. The van der Waals surface area contributed by atoms with Crippen LogP contribution in [-0.4, -0.2) is 25.5 Å². The summed E-state index contributed by atoms with van der Waals surface area (Å²) in [6, 6.07) is 3.88. The minimum absolute atomic E-state index is 0.209. The van der Waals surface area contributed by atoms with Crippen molar-refractivity contribution in [2.75, 3.05) is 0 Å². The molecule has 0 aliphatic rings. The first-order chi connectivity index (χ1) is 8.85. The Labute approximate surface area is 111 Å². The van der Waals surface area contributed by atoms with Crippen molar-refractivity contribution in [3.63, 3.8) is 0 Å². The van der Waals surface area contributed by atoms with Crippen molar-refractivity contribution in [1.82, 2.24) is 4.72 Å². The molecule has 106 valence electrons. The van der Waals surface area contributed by atoms with Gasteiger partial charge in [-0.3, -0.25) is 4.79 Å². The van der Waals surface area contributed by atoms with E-state index in [1.54, 1.807) is 0 Å². The van der Waals surface area contributed by atoms with Gasteiger partial charge in [-0.2, -0.15) is 0 Å². The van der Waals surface area contributed by atoms with Gasteiger partial charge >= 0.3 is 5.97 Å². The first kappa shape index (κ1) is 15.6. The van der Waals surface area contributed by atoms with Crippen LogP contribution in [0.4, 0.5) is 4.39 Å². The second-order valence-electron chi connectivity index (χ2n) is 4.16. The van der Waals surface area contributed by atoms with Gasteiger partial charge in [-0.15, -0.1) is 0 Å². The number of aliphatic carboxylic acids is 1. The van der Waals surface area contributed by atoms with Gasteiger partial charge < -0.3 is 5.11 Å². The summed E-state index contributed by atoms with van der Waals surface area (Å²) in [5.74, 6) is -1.74. The van der Waals surface area contributed by atoms with Crippen molar-refractivity contribution < 1.29 is 22.7 Å². The first-order valence-corrected chi connectivity index (χ1v) is 7.33. The third kappa shape index (κ3) is 4.96. The first-order valence-electron chi connectivity index (χ1n) is 5.85. The largest absolute Gasteiger partial charge is 0.481 e. The fourth-order valence-electron chi connectivity index (χ4n) is 1.68. The Hall–Kier alpha value is -1.47. The quantitative estimate of drug-likeness (QED) is 0.801. The van der Waals surface area contributed by atoms with Crippen LogP contribution >= 0.6 is 0 Å². The third-order valence-electron chi connectivity index (χ3n) is 2.49. The summed E-state index contributed by atoms with van der Waals surface area (Å²) >= 11 is 0. The van der Waals surface area contributed by atoms with E-state index < -0.39 is 27.9 Å². The number of benzene rings is 1. The fraction of sp³-hybridized carbons (Fsp3) is 0.417. The lowest BCUT2D eigenvalue weighted by Crippen LogP contribution is -2.36. The average Bonchev–Trinajstić information content (AvgIpc) is 2.27. The van der Waals surface area contributed by atoms with E-state index in [1.165, 1.54) is 12.1 Å². The number of sulfonamides is 1. The third-order valence-corrected chi connectivity index (χ3v) is 4.00. The average molecular weight is 289 g/mol. The van der Waals surface area contributed by atoms with Crippen LogP contribution in [0.2, 0.25) is 0 Å². The monoisotopic (exact) mass is 289 g/mol. The van der Waals surface area contributed by atoms with Gasteiger partial charge in [0.05, 0.1) is 11.3 Å². The van der Waals surface area contributed by atoms with Gasteiger partial charge in [-0.1, -0.05) is 19.4 Å². The number of carboxylic acids is 1. The molecule has 1 unspecified atom stereocenters. The molecule has 1 rings (SSSR count). The van der Waals surface area contributed by atoms with E-state index in [4.69, 9.17) is 5.11 Å². The van der Waals surface area contributed by atoms with Gasteiger partial charge in [-0.05, 0) is 24.6 Å². The summed E-state index contributed by atoms with van der Waals surface area (Å²) < 4.78 is 39.3. The Morgan fingerprint density at radius 1 is 1.47 bits per heavy atom. The van der Waals surface area contributed by atoms with Crippen molar-refractivity contribution in [2.24, 2.45) is 0 Å². The van der Waals surface area contributed by atoms with E-state index in [0.717, 1.165) is 12.1 Å². The molecule has 0 fully saturated rings. The molecule has 0 heterocycles. The minimum Gasteiger partial charge on any atom is -0.481 e. The normalized spacial score (nSPS) is 13.2. The van der Waals surface area contributed by atoms with E-state index >= 15 is 0 Å². The number of halogens is 1. The summed E-state index contributed by atoms with van der Waals surface area (Å²) in [5, 5.41) is 8.73. The Morgan fingerprint density at radius 3 is 2.68 bits per heavy atom. The van der Waals surface area contributed by atoms with Crippen molar-refractivity contribution in [2.45, 2.75) is 37.1 Å². The number of nitrogens with one attached hydrogen (secondary N) is 1. The van der Waals surface area contributed by atoms with Crippen LogP contribution in [0.25, 0.3) is 0 Å². The van der Waals surface area contributed by atoms with Gasteiger partial charge in [0.2, 0.25) is 10.0 Å². The topological polar surface area (TPSA) is 83.5 Å². The molecule has 1 aromatic rings. The number of hydrogen-bond acceptors (Lipinski definition) is 3. The van der Waals surface area contributed by atoms with E-state index in [2.05, 4.69) is 4.72 Å². The molecule has 2 N–H and O–H groups in total. The molecule has 0 amide bonds. The minimum atomic E-state index is -3.90. The molecular formula is C12H16FNO4S. The molecule has 0 aliphatic heterocycles. The second kappa shape index (κ2) is 6.63. The van der Waals surface area contributed by atoms with Gasteiger partial charge in [0.15, 0.2) is 0 Å². The van der Waals surface area contributed by atoms with Crippen LogP contribution in [0.5, 0.6) is 0 Å². The van der Waals surface area contributed by atoms with Crippen LogP contribution in [0.3, 0.4) is 0 Å². The van der Waals surface area contributed by atoms with Gasteiger partial charge in [-0.25, -0.2) is 17.5 Å². The van der Waals surface area contributed by atoms with E-state index in [1.807, 2.05) is 6.92 Å². The van der Waals surface area contributed by atoms with Gasteiger partial charge in [0.1, 0.15) is 5.82 Å². The SMILES string of the molecule is CCCC(CC(=O)O)NS(=O)(=O)c1cccc(F)c1. The summed E-state index contributed by atoms with van der Waals surface area (Å²) in [5.41, 5.74) is 0. The van der Waals surface area contributed by atoms with E-state index in [0.29, 0.717) is 12.8 Å². The zero-order valence-electron chi connectivity index (χ0n) is 10.5. The van der Waals surface area contributed by atoms with Crippen molar-refractivity contribution in [3.8, 4) is 0 Å². The Morgan fingerprint density at radius 2 is 2.16 bits per heavy atom. The fourth-order valence-corrected chi connectivity index (χ4v) is 2.99. The lowest BCUT2D eigenvalue weighted by atomic mass is 10.1. The molecule has 0 radical (unpaired) electrons. The lowest BCUT2D eigenvalue weighted by Gasteiger charge is -2.16. The standard InChI is InChI=1S/C12H16FNO4S/c1-2-4-10(8-12(15)16)14-19(17,18)11-6-3-5-9(13)7-11/h3,5-7,10,14H,2,4,8H2,1H3,(H,15,16). The Balaban J connectivity index is 2.90. The number of carbonyl (C=O) groups is 1. The van der Waals surface area contributed by atoms with Crippen LogP contribution < -0.4 is 4.72 Å². The smallest absolute Gasteiger partial charge is 0.304 e. The number of hydrogen-bond donors (Lipinski definition) is 2. The highest BCUT2D eigenvalue weighted by atomic mass is 32.2. The molecule has 19 heavy (non-hydrogen) atoms. The highest BCUT2D eigenvalue weighted by Crippen LogP contribution is 2.13. The van der Waals surface area contributed by atoms with Crippen molar-refractivity contribution in [3.05, 3.63) is 30.1 Å². The number of rotatable bonds is 7. The molecular weight excluding hydrogens is 273 g/mol. The molecule has 5 nitrogen and oxygen atoms in total. The molecule has 0 aromatic heterocycles. The highest BCUT2D eigenvalue weighted by Gasteiger charge is 2.21. The van der Waals surface area contributed by atoms with E-state index in [9.17, 15) is 17.6 Å². The van der Waals surface area contributed by atoms with Gasteiger partial charge in [0, 0.05) is 6.04 Å². The summed E-state index contributed by atoms with van der Waals surface area (Å²) in [6.07, 6.45) is 0.743. The van der Waals surface area contributed by atoms with E-state index in [-0.39, 0.29) is 11.3 Å². The van der Waals surface area contributed by atoms with Crippen molar-refractivity contribution >= 4 is 16.0 Å². The predicted molar refractivity (Wildman–Crippen MR) is 67.7 cm³/mol. The second-order valence-corrected chi connectivity index (χ2v) is 5.88. The molecule has 0 saturated heterocycles. The molecule has 1 aromatic carbocycles. The molecule has 0 spiro atoms. The maximum Gasteiger partial charge on any atom is 0.304 e. The highest BCUT2D eigenvalue weighted by molar-refractivity contribution is 7.89. The zero-order chi connectivity index (χ0) is 14.5. The summed E-state index contributed by atoms with van der Waals surface area (Å²) in [7, 11) is -3.90.